The molecule has 2 aromatic heterocycles. The smallest absolute Gasteiger partial charge is 0.229 e. The van der Waals surface area contributed by atoms with Crippen molar-refractivity contribution in [2.45, 2.75) is 26.4 Å². The molecule has 28 heavy (non-hydrogen) atoms. The zero-order chi connectivity index (χ0) is 19.7. The van der Waals surface area contributed by atoms with Gasteiger partial charge in [-0.1, -0.05) is 0 Å². The molecule has 9 heteroatoms. The molecule has 1 saturated heterocycles. The minimum absolute atomic E-state index is 0.183. The topological polar surface area (TPSA) is 68.1 Å². The summed E-state index contributed by atoms with van der Waals surface area (Å²) in [6, 6.07) is 3.63. The van der Waals surface area contributed by atoms with E-state index >= 15 is 0 Å². The number of hydrogen-bond acceptors (Lipinski definition) is 6. The van der Waals surface area contributed by atoms with E-state index < -0.39 is 11.6 Å². The molecule has 0 radical (unpaired) electrons. The van der Waals surface area contributed by atoms with Gasteiger partial charge in [-0.05, 0) is 31.5 Å². The zero-order valence-corrected chi connectivity index (χ0v) is 15.8. The van der Waals surface area contributed by atoms with Crippen LogP contribution in [0.15, 0.2) is 24.5 Å². The lowest BCUT2D eigenvalue weighted by atomic mass is 10.2. The van der Waals surface area contributed by atoms with Crippen LogP contribution in [0.2, 0.25) is 0 Å². The summed E-state index contributed by atoms with van der Waals surface area (Å²) in [6.45, 7) is 6.98. The van der Waals surface area contributed by atoms with Gasteiger partial charge in [-0.15, -0.1) is 0 Å². The van der Waals surface area contributed by atoms with Crippen LogP contribution in [0.1, 0.15) is 25.5 Å². The molecule has 0 amide bonds. The number of morpholine rings is 1. The molecule has 1 aliphatic heterocycles. The maximum absolute atomic E-state index is 13.5. The summed E-state index contributed by atoms with van der Waals surface area (Å²) in [4.78, 5) is 15.9. The maximum atomic E-state index is 13.5. The summed E-state index contributed by atoms with van der Waals surface area (Å²) in [6.07, 6.45) is 1.74. The Hall–Kier alpha value is -2.81. The van der Waals surface area contributed by atoms with E-state index in [0.29, 0.717) is 49.1 Å². The van der Waals surface area contributed by atoms with Crippen molar-refractivity contribution in [1.29, 1.82) is 0 Å². The summed E-state index contributed by atoms with van der Waals surface area (Å²) in [5, 5.41) is 3.17. The molecule has 3 heterocycles. The van der Waals surface area contributed by atoms with Gasteiger partial charge in [-0.2, -0.15) is 9.97 Å². The molecule has 148 valence electrons. The molecular formula is C19H22F2N6O. The van der Waals surface area contributed by atoms with Gasteiger partial charge >= 0.3 is 0 Å². The van der Waals surface area contributed by atoms with Crippen LogP contribution in [0, 0.1) is 11.6 Å². The minimum Gasteiger partial charge on any atom is -0.378 e. The van der Waals surface area contributed by atoms with Gasteiger partial charge < -0.3 is 19.5 Å². The highest BCUT2D eigenvalue weighted by Crippen LogP contribution is 2.25. The van der Waals surface area contributed by atoms with E-state index in [1.165, 1.54) is 12.1 Å². The number of aromatic nitrogens is 4. The second-order valence-corrected chi connectivity index (χ2v) is 7.02. The third kappa shape index (κ3) is 3.75. The first-order chi connectivity index (χ1) is 13.5. The average molecular weight is 388 g/mol. The van der Waals surface area contributed by atoms with E-state index in [0.717, 1.165) is 11.7 Å². The molecule has 3 aromatic rings. The molecule has 0 bridgehead atoms. The van der Waals surface area contributed by atoms with Gasteiger partial charge in [-0.3, -0.25) is 0 Å². The Morgan fingerprint density at radius 1 is 1.11 bits per heavy atom. The zero-order valence-electron chi connectivity index (χ0n) is 15.8. The third-order valence-corrected chi connectivity index (χ3v) is 4.64. The van der Waals surface area contributed by atoms with Gasteiger partial charge in [0, 0.05) is 31.7 Å². The molecule has 0 saturated carbocycles. The number of ether oxygens (including phenoxy) is 1. The number of hydrogen-bond donors (Lipinski definition) is 1. The quantitative estimate of drug-likeness (QED) is 0.724. The van der Waals surface area contributed by atoms with Crippen LogP contribution < -0.4 is 10.2 Å². The maximum Gasteiger partial charge on any atom is 0.229 e. The molecule has 0 aliphatic carbocycles. The van der Waals surface area contributed by atoms with Gasteiger partial charge in [-0.25, -0.2) is 13.8 Å². The standard InChI is InChI=1S/C19H22F2N6O/c1-12(2)27-11-23-16-17(22-10-13-7-14(20)9-15(21)8-13)24-19(25-18(16)27)26-3-5-28-6-4-26/h7-9,11-12H,3-6,10H2,1-2H3,(H,22,24,25). The molecule has 1 fully saturated rings. The number of rotatable bonds is 5. The lowest BCUT2D eigenvalue weighted by Crippen LogP contribution is -2.37. The number of imidazole rings is 1. The lowest BCUT2D eigenvalue weighted by Gasteiger charge is -2.27. The van der Waals surface area contributed by atoms with Crippen LogP contribution in [0.5, 0.6) is 0 Å². The van der Waals surface area contributed by atoms with E-state index in [4.69, 9.17) is 9.72 Å². The Morgan fingerprint density at radius 3 is 2.50 bits per heavy atom. The van der Waals surface area contributed by atoms with E-state index in [1.54, 1.807) is 6.33 Å². The molecule has 1 aliphatic rings. The van der Waals surface area contributed by atoms with Gasteiger partial charge in [0.1, 0.15) is 11.6 Å². The predicted molar refractivity (Wildman–Crippen MR) is 102 cm³/mol. The number of nitrogens with zero attached hydrogens (tertiary/aromatic N) is 5. The van der Waals surface area contributed by atoms with E-state index in [9.17, 15) is 8.78 Å². The Balaban J connectivity index is 1.70. The normalized spacial score (nSPS) is 14.8. The summed E-state index contributed by atoms with van der Waals surface area (Å²) in [7, 11) is 0. The fourth-order valence-electron chi connectivity index (χ4n) is 3.21. The fraction of sp³-hybridized carbons (Fsp3) is 0.421. The van der Waals surface area contributed by atoms with Crippen molar-refractivity contribution in [3.05, 3.63) is 41.7 Å². The SMILES string of the molecule is CC(C)n1cnc2c(NCc3cc(F)cc(F)c3)nc(N3CCOCC3)nc21. The molecule has 7 nitrogen and oxygen atoms in total. The highest BCUT2D eigenvalue weighted by Gasteiger charge is 2.20. The van der Waals surface area contributed by atoms with Crippen LogP contribution in [0.25, 0.3) is 11.2 Å². The van der Waals surface area contributed by atoms with Crippen molar-refractivity contribution < 1.29 is 13.5 Å². The second kappa shape index (κ2) is 7.67. The van der Waals surface area contributed by atoms with Gasteiger partial charge in [0.2, 0.25) is 5.95 Å². The Morgan fingerprint density at radius 2 is 1.82 bits per heavy atom. The second-order valence-electron chi connectivity index (χ2n) is 7.02. The van der Waals surface area contributed by atoms with Crippen molar-refractivity contribution in [1.82, 2.24) is 19.5 Å². The molecule has 4 rings (SSSR count). The van der Waals surface area contributed by atoms with Crippen molar-refractivity contribution >= 4 is 22.9 Å². The molecule has 0 spiro atoms. The lowest BCUT2D eigenvalue weighted by molar-refractivity contribution is 0.122. The molecule has 1 aromatic carbocycles. The Kier molecular flexibility index (Phi) is 5.08. The van der Waals surface area contributed by atoms with Crippen LogP contribution >= 0.6 is 0 Å². The van der Waals surface area contributed by atoms with Crippen LogP contribution in [-0.2, 0) is 11.3 Å². The Bertz CT molecular complexity index is 964. The summed E-state index contributed by atoms with van der Waals surface area (Å²) < 4.78 is 34.3. The summed E-state index contributed by atoms with van der Waals surface area (Å²) >= 11 is 0. The molecule has 0 atom stereocenters. The van der Waals surface area contributed by atoms with Gasteiger partial charge in [0.25, 0.3) is 0 Å². The first-order valence-electron chi connectivity index (χ1n) is 9.27. The number of halogens is 2. The molecule has 0 unspecified atom stereocenters. The van der Waals surface area contributed by atoms with Gasteiger partial charge in [0.05, 0.1) is 19.5 Å². The van der Waals surface area contributed by atoms with Crippen LogP contribution in [0.4, 0.5) is 20.5 Å². The highest BCUT2D eigenvalue weighted by molar-refractivity contribution is 5.84. The number of benzene rings is 1. The minimum atomic E-state index is -0.609. The third-order valence-electron chi connectivity index (χ3n) is 4.64. The predicted octanol–water partition coefficient (Wildman–Crippen LogP) is 3.13. The van der Waals surface area contributed by atoms with Crippen LogP contribution in [0.3, 0.4) is 0 Å². The summed E-state index contributed by atoms with van der Waals surface area (Å²) in [5.41, 5.74) is 1.84. The molecular weight excluding hydrogens is 366 g/mol. The number of anilines is 2. The highest BCUT2D eigenvalue weighted by atomic mass is 19.1. The average Bonchev–Trinajstić information content (AvgIpc) is 3.10. The van der Waals surface area contributed by atoms with Crippen molar-refractivity contribution in [2.24, 2.45) is 0 Å². The number of nitrogens with one attached hydrogen (secondary N) is 1. The fourth-order valence-corrected chi connectivity index (χ4v) is 3.21. The number of fused-ring (bicyclic) bond motifs is 1. The van der Waals surface area contributed by atoms with Gasteiger partial charge in [0.15, 0.2) is 17.0 Å². The van der Waals surface area contributed by atoms with E-state index in [-0.39, 0.29) is 12.6 Å². The van der Waals surface area contributed by atoms with E-state index in [1.807, 2.05) is 4.57 Å². The Labute approximate surface area is 161 Å². The first kappa shape index (κ1) is 18.5. The monoisotopic (exact) mass is 388 g/mol. The van der Waals surface area contributed by atoms with E-state index in [2.05, 4.69) is 34.0 Å². The largest absolute Gasteiger partial charge is 0.378 e. The van der Waals surface area contributed by atoms with Crippen molar-refractivity contribution in [3.63, 3.8) is 0 Å². The van der Waals surface area contributed by atoms with Crippen LogP contribution in [-0.4, -0.2) is 45.8 Å². The summed E-state index contributed by atoms with van der Waals surface area (Å²) in [5.74, 6) is -0.0906. The first-order valence-corrected chi connectivity index (χ1v) is 9.27. The van der Waals surface area contributed by atoms with Crippen molar-refractivity contribution in [2.75, 3.05) is 36.5 Å². The molecule has 1 N–H and O–H groups in total. The van der Waals surface area contributed by atoms with Crippen molar-refractivity contribution in [3.8, 4) is 0 Å².